The van der Waals surface area contributed by atoms with Gasteiger partial charge in [0.15, 0.2) is 5.65 Å². The molecule has 3 rings (SSSR count). The van der Waals surface area contributed by atoms with Crippen LogP contribution >= 0.6 is 11.8 Å². The lowest BCUT2D eigenvalue weighted by molar-refractivity contribution is 0.196. The Balaban J connectivity index is 2.04. The van der Waals surface area contributed by atoms with Crippen LogP contribution in [0.1, 0.15) is 13.8 Å². The molecule has 0 spiro atoms. The zero-order valence-electron chi connectivity index (χ0n) is 11.8. The van der Waals surface area contributed by atoms with Crippen LogP contribution in [0, 0.1) is 0 Å². The third kappa shape index (κ3) is 2.77. The van der Waals surface area contributed by atoms with Gasteiger partial charge in [-0.25, -0.2) is 14.6 Å². The van der Waals surface area contributed by atoms with Crippen LogP contribution in [-0.2, 0) is 0 Å². The van der Waals surface area contributed by atoms with Crippen molar-refractivity contribution in [2.75, 3.05) is 0 Å². The molecule has 0 aliphatic carbocycles. The van der Waals surface area contributed by atoms with E-state index in [4.69, 9.17) is 0 Å². The zero-order chi connectivity index (χ0) is 14.8. The van der Waals surface area contributed by atoms with Gasteiger partial charge >= 0.3 is 0 Å². The summed E-state index contributed by atoms with van der Waals surface area (Å²) in [6.07, 6.45) is 2.92. The summed E-state index contributed by atoms with van der Waals surface area (Å²) in [5.74, 6) is 0. The third-order valence-electron chi connectivity index (χ3n) is 3.31. The second kappa shape index (κ2) is 5.83. The highest BCUT2D eigenvalue weighted by Crippen LogP contribution is 2.29. The molecule has 108 valence electrons. The fourth-order valence-electron chi connectivity index (χ4n) is 1.95. The number of fused-ring (bicyclic) bond motifs is 1. The monoisotopic (exact) mass is 300 g/mol. The number of para-hydroxylation sites is 1. The molecule has 0 saturated carbocycles. The van der Waals surface area contributed by atoms with Crippen molar-refractivity contribution < 1.29 is 5.11 Å². The van der Waals surface area contributed by atoms with Crippen LogP contribution in [0.15, 0.2) is 47.9 Å². The van der Waals surface area contributed by atoms with E-state index >= 15 is 0 Å². The quantitative estimate of drug-likeness (QED) is 0.593. The molecular formula is C15H16N4OS. The summed E-state index contributed by atoms with van der Waals surface area (Å²) in [5, 5.41) is 15.9. The second-order valence-electron chi connectivity index (χ2n) is 4.87. The Bertz CT molecular complexity index is 742. The molecule has 1 N–H and O–H groups in total. The fourth-order valence-corrected chi connectivity index (χ4v) is 2.88. The highest BCUT2D eigenvalue weighted by molar-refractivity contribution is 8.00. The minimum Gasteiger partial charge on any atom is -0.392 e. The van der Waals surface area contributed by atoms with Gasteiger partial charge < -0.3 is 5.11 Å². The number of rotatable bonds is 4. The molecule has 2 unspecified atom stereocenters. The van der Waals surface area contributed by atoms with Gasteiger partial charge in [0, 0.05) is 5.25 Å². The van der Waals surface area contributed by atoms with E-state index in [-0.39, 0.29) is 5.25 Å². The van der Waals surface area contributed by atoms with Crippen LogP contribution in [-0.4, -0.2) is 36.2 Å². The van der Waals surface area contributed by atoms with Crippen molar-refractivity contribution in [1.29, 1.82) is 0 Å². The van der Waals surface area contributed by atoms with Crippen LogP contribution in [0.2, 0.25) is 0 Å². The van der Waals surface area contributed by atoms with Gasteiger partial charge in [0.2, 0.25) is 0 Å². The van der Waals surface area contributed by atoms with E-state index < -0.39 is 6.10 Å². The van der Waals surface area contributed by atoms with Gasteiger partial charge in [0.25, 0.3) is 0 Å². The lowest BCUT2D eigenvalue weighted by Crippen LogP contribution is -2.15. The maximum Gasteiger partial charge on any atom is 0.167 e. The highest BCUT2D eigenvalue weighted by Gasteiger charge is 2.16. The van der Waals surface area contributed by atoms with Crippen molar-refractivity contribution in [2.45, 2.75) is 30.2 Å². The van der Waals surface area contributed by atoms with Crippen molar-refractivity contribution in [3.63, 3.8) is 0 Å². The highest BCUT2D eigenvalue weighted by atomic mass is 32.2. The summed E-state index contributed by atoms with van der Waals surface area (Å²) in [5.41, 5.74) is 1.74. The Hall–Kier alpha value is -1.92. The third-order valence-corrected chi connectivity index (χ3v) is 4.62. The molecule has 0 fully saturated rings. The lowest BCUT2D eigenvalue weighted by Gasteiger charge is -2.13. The van der Waals surface area contributed by atoms with Crippen molar-refractivity contribution in [1.82, 2.24) is 19.7 Å². The van der Waals surface area contributed by atoms with Gasteiger partial charge in [0.1, 0.15) is 11.4 Å². The van der Waals surface area contributed by atoms with Crippen LogP contribution < -0.4 is 0 Å². The van der Waals surface area contributed by atoms with Crippen LogP contribution in [0.25, 0.3) is 16.7 Å². The summed E-state index contributed by atoms with van der Waals surface area (Å²) in [7, 11) is 0. The first-order valence-corrected chi connectivity index (χ1v) is 7.63. The smallest absolute Gasteiger partial charge is 0.167 e. The fraction of sp³-hybridized carbons (Fsp3) is 0.267. The topological polar surface area (TPSA) is 63.8 Å². The van der Waals surface area contributed by atoms with E-state index in [0.29, 0.717) is 0 Å². The van der Waals surface area contributed by atoms with Gasteiger partial charge in [-0.3, -0.25) is 0 Å². The van der Waals surface area contributed by atoms with E-state index in [1.165, 1.54) is 11.8 Å². The minimum atomic E-state index is -0.399. The van der Waals surface area contributed by atoms with Gasteiger partial charge in [0.05, 0.1) is 23.4 Å². The molecule has 0 radical (unpaired) electrons. The summed E-state index contributed by atoms with van der Waals surface area (Å²) < 4.78 is 1.80. The van der Waals surface area contributed by atoms with Crippen molar-refractivity contribution in [3.05, 3.63) is 42.9 Å². The first kappa shape index (κ1) is 14.0. The molecule has 1 aromatic carbocycles. The van der Waals surface area contributed by atoms with Gasteiger partial charge in [-0.1, -0.05) is 36.9 Å². The molecule has 0 aliphatic heterocycles. The van der Waals surface area contributed by atoms with Gasteiger partial charge in [-0.15, -0.1) is 0 Å². The predicted molar refractivity (Wildman–Crippen MR) is 83.7 cm³/mol. The number of aliphatic hydroxyl groups excluding tert-OH is 1. The number of thioether (sulfide) groups is 1. The second-order valence-corrected chi connectivity index (χ2v) is 6.24. The normalized spacial score (nSPS) is 14.2. The van der Waals surface area contributed by atoms with E-state index in [0.717, 1.165) is 21.7 Å². The number of nitrogens with zero attached hydrogens (tertiary/aromatic N) is 4. The van der Waals surface area contributed by atoms with Crippen molar-refractivity contribution >= 4 is 22.8 Å². The lowest BCUT2D eigenvalue weighted by atomic mass is 10.3. The number of aliphatic hydroxyl groups is 1. The molecule has 6 heteroatoms. The van der Waals surface area contributed by atoms with E-state index in [2.05, 4.69) is 15.1 Å². The van der Waals surface area contributed by atoms with E-state index in [1.54, 1.807) is 24.1 Å². The molecule has 21 heavy (non-hydrogen) atoms. The van der Waals surface area contributed by atoms with Crippen molar-refractivity contribution in [2.24, 2.45) is 0 Å². The molecular weight excluding hydrogens is 284 g/mol. The first-order valence-electron chi connectivity index (χ1n) is 6.75. The number of hydrogen-bond acceptors (Lipinski definition) is 5. The molecule has 0 aliphatic rings. The van der Waals surface area contributed by atoms with Gasteiger partial charge in [-0.2, -0.15) is 5.10 Å². The number of aromatic nitrogens is 4. The summed E-state index contributed by atoms with van der Waals surface area (Å²) >= 11 is 1.54. The first-order chi connectivity index (χ1) is 10.2. The number of benzene rings is 1. The Kier molecular flexibility index (Phi) is 3.90. The molecule has 2 atom stereocenters. The van der Waals surface area contributed by atoms with Crippen LogP contribution in [0.3, 0.4) is 0 Å². The summed E-state index contributed by atoms with van der Waals surface area (Å²) in [6.45, 7) is 3.76. The largest absolute Gasteiger partial charge is 0.392 e. The Morgan fingerprint density at radius 1 is 1.14 bits per heavy atom. The molecule has 5 nitrogen and oxygen atoms in total. The molecule has 3 aromatic rings. The molecule has 2 heterocycles. The average Bonchev–Trinajstić information content (AvgIpc) is 2.93. The predicted octanol–water partition coefficient (Wildman–Crippen LogP) is 2.68. The van der Waals surface area contributed by atoms with E-state index in [1.807, 2.05) is 37.3 Å². The maximum atomic E-state index is 9.65. The average molecular weight is 300 g/mol. The Labute approximate surface area is 127 Å². The number of hydrogen-bond donors (Lipinski definition) is 1. The molecule has 0 saturated heterocycles. The molecule has 0 bridgehead atoms. The Morgan fingerprint density at radius 2 is 1.90 bits per heavy atom. The molecule has 2 aromatic heterocycles. The van der Waals surface area contributed by atoms with Crippen LogP contribution in [0.4, 0.5) is 0 Å². The SMILES string of the molecule is CC(O)C(C)Sc1ncnc2c1cnn2-c1ccccc1. The Morgan fingerprint density at radius 3 is 2.62 bits per heavy atom. The maximum absolute atomic E-state index is 9.65. The zero-order valence-corrected chi connectivity index (χ0v) is 12.7. The van der Waals surface area contributed by atoms with Crippen molar-refractivity contribution in [3.8, 4) is 5.69 Å². The van der Waals surface area contributed by atoms with Crippen LogP contribution in [0.5, 0.6) is 0 Å². The summed E-state index contributed by atoms with van der Waals surface area (Å²) in [6, 6.07) is 9.87. The molecule has 0 amide bonds. The van der Waals surface area contributed by atoms with Gasteiger partial charge in [-0.05, 0) is 19.1 Å². The summed E-state index contributed by atoms with van der Waals surface area (Å²) in [4.78, 5) is 8.67. The van der Waals surface area contributed by atoms with E-state index in [9.17, 15) is 5.11 Å². The minimum absolute atomic E-state index is 0.0585. The standard InChI is InChI=1S/C15H16N4OS/c1-10(20)11(2)21-15-13-8-18-19(14(13)16-9-17-15)12-6-4-3-5-7-12/h3-11,20H,1-2H3.